The molecule has 0 saturated heterocycles. The number of aromatic hydroxyl groups is 2. The molecule has 9 N–H and O–H groups in total. The molecule has 0 aliphatic heterocycles. The minimum absolute atomic E-state index is 0.0246. The van der Waals surface area contributed by atoms with E-state index in [0.29, 0.717) is 24.2 Å². The number of nitrogens with one attached hydrogen (secondary N) is 3. The lowest BCUT2D eigenvalue weighted by molar-refractivity contribution is 0.0973. The number of phenolic OH excluding ortho intramolecular Hbond substituents is 2. The first kappa shape index (κ1) is 22.8. The Morgan fingerprint density at radius 3 is 2.09 bits per heavy atom. The van der Waals surface area contributed by atoms with Crippen molar-refractivity contribution in [3.05, 3.63) is 52.1 Å². The number of phenols is 2. The largest absolute Gasteiger partial charge is 0.507 e. The van der Waals surface area contributed by atoms with E-state index >= 15 is 0 Å². The maximum Gasteiger partial charge on any atom is 0.200 e. The third-order valence-corrected chi connectivity index (χ3v) is 5.27. The fourth-order valence-electron chi connectivity index (χ4n) is 3.72. The Kier molecular flexibility index (Phi) is 6.45. The van der Waals surface area contributed by atoms with Gasteiger partial charge in [0.2, 0.25) is 0 Å². The lowest BCUT2D eigenvalue weighted by atomic mass is 9.80. The number of hydrogen-bond acceptors (Lipinski definition) is 8. The molecule has 3 rings (SSSR count). The molecular formula is C22H26N6O4. The first-order valence-corrected chi connectivity index (χ1v) is 10.00. The number of carbonyl (C=O) groups excluding carboxylic acids is 2. The van der Waals surface area contributed by atoms with E-state index in [-0.39, 0.29) is 64.9 Å². The van der Waals surface area contributed by atoms with Crippen LogP contribution in [0.15, 0.2) is 24.3 Å². The van der Waals surface area contributed by atoms with Crippen LogP contribution >= 0.6 is 0 Å². The van der Waals surface area contributed by atoms with Crippen molar-refractivity contribution in [2.75, 3.05) is 25.5 Å². The van der Waals surface area contributed by atoms with Crippen molar-refractivity contribution in [2.24, 2.45) is 11.5 Å². The van der Waals surface area contributed by atoms with Gasteiger partial charge in [0, 0.05) is 43.7 Å². The van der Waals surface area contributed by atoms with Crippen molar-refractivity contribution in [3.8, 4) is 11.5 Å². The van der Waals surface area contributed by atoms with Crippen LogP contribution in [0.5, 0.6) is 11.5 Å². The molecule has 0 unspecified atom stereocenters. The number of nitrogens with zero attached hydrogens (tertiary/aromatic N) is 1. The zero-order valence-electron chi connectivity index (χ0n) is 17.7. The number of hydrogen-bond donors (Lipinski definition) is 7. The first-order valence-electron chi connectivity index (χ1n) is 10.00. The van der Waals surface area contributed by atoms with E-state index in [2.05, 4.69) is 5.32 Å². The molecule has 0 aromatic heterocycles. The highest BCUT2D eigenvalue weighted by atomic mass is 16.3. The van der Waals surface area contributed by atoms with E-state index in [0.717, 1.165) is 0 Å². The molecule has 1 aliphatic carbocycles. The quantitative estimate of drug-likeness (QED) is 0.148. The van der Waals surface area contributed by atoms with Crippen LogP contribution in [0.25, 0.3) is 0 Å². The van der Waals surface area contributed by atoms with Gasteiger partial charge in [0.25, 0.3) is 0 Å². The van der Waals surface area contributed by atoms with Gasteiger partial charge >= 0.3 is 0 Å². The van der Waals surface area contributed by atoms with Gasteiger partial charge < -0.3 is 31.9 Å². The number of ketones is 2. The van der Waals surface area contributed by atoms with Gasteiger partial charge in [-0.05, 0) is 30.8 Å². The monoisotopic (exact) mass is 438 g/mol. The highest BCUT2D eigenvalue weighted by molar-refractivity contribution is 6.32. The summed E-state index contributed by atoms with van der Waals surface area (Å²) in [5.41, 5.74) is 11.4. The normalized spacial score (nSPS) is 12.4. The maximum atomic E-state index is 13.5. The van der Waals surface area contributed by atoms with Crippen LogP contribution in [0.4, 0.5) is 5.69 Å². The van der Waals surface area contributed by atoms with Crippen molar-refractivity contribution in [3.63, 3.8) is 0 Å². The molecule has 0 bridgehead atoms. The number of nitrogens with two attached hydrogens (primary N) is 2. The molecule has 2 aromatic carbocycles. The molecule has 0 atom stereocenters. The number of benzene rings is 2. The predicted octanol–water partition coefficient (Wildman–Crippen LogP) is 1.37. The average molecular weight is 438 g/mol. The summed E-state index contributed by atoms with van der Waals surface area (Å²) in [6.45, 7) is 1.01. The Morgan fingerprint density at radius 2 is 1.47 bits per heavy atom. The van der Waals surface area contributed by atoms with Crippen molar-refractivity contribution < 1.29 is 19.8 Å². The Hall–Kier alpha value is -3.92. The van der Waals surface area contributed by atoms with Gasteiger partial charge in [0.1, 0.15) is 11.5 Å². The van der Waals surface area contributed by atoms with Crippen LogP contribution in [0, 0.1) is 10.8 Å². The highest BCUT2D eigenvalue weighted by Gasteiger charge is 2.37. The number of carbonyl (C=O) groups is 2. The minimum atomic E-state index is -0.582. The maximum absolute atomic E-state index is 13.5. The van der Waals surface area contributed by atoms with E-state index in [9.17, 15) is 19.8 Å². The lowest BCUT2D eigenvalue weighted by Crippen LogP contribution is -2.28. The van der Waals surface area contributed by atoms with Gasteiger partial charge in [-0.25, -0.2) is 0 Å². The second-order valence-electron chi connectivity index (χ2n) is 7.75. The average Bonchev–Trinajstić information content (AvgIpc) is 2.72. The van der Waals surface area contributed by atoms with Crippen molar-refractivity contribution >= 4 is 28.9 Å². The Morgan fingerprint density at radius 1 is 0.906 bits per heavy atom. The van der Waals surface area contributed by atoms with Crippen LogP contribution in [-0.2, 0) is 6.54 Å². The molecule has 0 spiro atoms. The lowest BCUT2D eigenvalue weighted by Gasteiger charge is -2.25. The number of amidine groups is 2. The summed E-state index contributed by atoms with van der Waals surface area (Å²) in [5, 5.41) is 38.6. The van der Waals surface area contributed by atoms with Crippen LogP contribution in [0.1, 0.15) is 50.2 Å². The first-order chi connectivity index (χ1) is 15.1. The summed E-state index contributed by atoms with van der Waals surface area (Å²) in [5.74, 6) is -1.79. The molecule has 0 saturated carbocycles. The molecule has 10 heteroatoms. The molecule has 0 heterocycles. The molecule has 1 aliphatic rings. The van der Waals surface area contributed by atoms with E-state index in [1.165, 1.54) is 18.2 Å². The van der Waals surface area contributed by atoms with Crippen LogP contribution in [0.3, 0.4) is 0 Å². The van der Waals surface area contributed by atoms with E-state index in [1.807, 2.05) is 4.90 Å². The molecule has 2 aromatic rings. The minimum Gasteiger partial charge on any atom is -0.507 e. The van der Waals surface area contributed by atoms with Gasteiger partial charge in [0.05, 0.1) is 28.4 Å². The summed E-state index contributed by atoms with van der Waals surface area (Å²) in [6.07, 6.45) is 0.582. The van der Waals surface area contributed by atoms with E-state index < -0.39 is 11.6 Å². The molecule has 0 amide bonds. The molecular weight excluding hydrogens is 412 g/mol. The molecule has 10 nitrogen and oxygen atoms in total. The van der Waals surface area contributed by atoms with Gasteiger partial charge in [-0.2, -0.15) is 0 Å². The highest BCUT2D eigenvalue weighted by Crippen LogP contribution is 2.41. The van der Waals surface area contributed by atoms with Crippen molar-refractivity contribution in [2.45, 2.75) is 19.4 Å². The van der Waals surface area contributed by atoms with E-state index in [4.69, 9.17) is 22.3 Å². The smallest absolute Gasteiger partial charge is 0.200 e. The summed E-state index contributed by atoms with van der Waals surface area (Å²) in [4.78, 5) is 28.7. The number of fused-ring (bicyclic) bond motifs is 2. The molecule has 32 heavy (non-hydrogen) atoms. The number of anilines is 1. The van der Waals surface area contributed by atoms with Gasteiger partial charge in [-0.15, -0.1) is 0 Å². The Balaban J connectivity index is 2.05. The van der Waals surface area contributed by atoms with Crippen LogP contribution in [-0.4, -0.2) is 58.5 Å². The second kappa shape index (κ2) is 9.06. The third-order valence-electron chi connectivity index (χ3n) is 5.27. The van der Waals surface area contributed by atoms with Crippen molar-refractivity contribution in [1.82, 2.24) is 4.90 Å². The van der Waals surface area contributed by atoms with Gasteiger partial charge in [-0.1, -0.05) is 6.07 Å². The molecule has 168 valence electrons. The molecule has 0 fully saturated rings. The third kappa shape index (κ3) is 4.40. The van der Waals surface area contributed by atoms with Gasteiger partial charge in [-0.3, -0.25) is 20.4 Å². The summed E-state index contributed by atoms with van der Waals surface area (Å²) in [7, 11) is 1.79. The summed E-state index contributed by atoms with van der Waals surface area (Å²) < 4.78 is 0. The zero-order chi connectivity index (χ0) is 23.6. The summed E-state index contributed by atoms with van der Waals surface area (Å²) in [6, 6.07) is 5.74. The van der Waals surface area contributed by atoms with E-state index in [1.54, 1.807) is 13.1 Å². The molecule has 0 radical (unpaired) electrons. The fourth-order valence-corrected chi connectivity index (χ4v) is 3.72. The Labute approximate surface area is 184 Å². The Bertz CT molecular complexity index is 1130. The zero-order valence-corrected chi connectivity index (χ0v) is 17.7. The van der Waals surface area contributed by atoms with Crippen molar-refractivity contribution in [1.29, 1.82) is 10.8 Å². The number of rotatable bonds is 9. The SMILES string of the molecule is CN(CCC(=N)N)Cc1ccc(O)c2c1C(=O)c1c(O)ccc(NCCC(=N)N)c1C2=O. The fraction of sp³-hybridized carbons (Fsp3) is 0.273. The van der Waals surface area contributed by atoms with Crippen LogP contribution < -0.4 is 16.8 Å². The van der Waals surface area contributed by atoms with Crippen LogP contribution in [0.2, 0.25) is 0 Å². The second-order valence-corrected chi connectivity index (χ2v) is 7.75. The standard InChI is InChI=1S/C22H26N6O4/c1-28(9-7-16(25)26)10-11-2-4-13(29)19-17(11)21(31)20-14(30)5-3-12(18(20)22(19)32)27-8-6-15(23)24/h2-5,27,29-30H,6-10H2,1H3,(H3,23,24)(H3,25,26). The topological polar surface area (TPSA) is 190 Å². The summed E-state index contributed by atoms with van der Waals surface area (Å²) >= 11 is 0. The predicted molar refractivity (Wildman–Crippen MR) is 121 cm³/mol. The van der Waals surface area contributed by atoms with Gasteiger partial charge in [0.15, 0.2) is 11.6 Å².